The highest BCUT2D eigenvalue weighted by Gasteiger charge is 2.56. The fourth-order valence-electron chi connectivity index (χ4n) is 11.4. The van der Waals surface area contributed by atoms with Crippen LogP contribution in [0.1, 0.15) is 98.5 Å². The first kappa shape index (κ1) is 19.5. The zero-order chi connectivity index (χ0) is 21.9. The summed E-state index contributed by atoms with van der Waals surface area (Å²) >= 11 is 0. The normalized spacial score (nSPS) is 44.6. The van der Waals surface area contributed by atoms with Gasteiger partial charge in [0.15, 0.2) is 0 Å². The maximum Gasteiger partial charge on any atom is 0.336 e. The Kier molecular flexibility index (Phi) is 3.80. The van der Waals surface area contributed by atoms with Gasteiger partial charge in [0.2, 0.25) is 0 Å². The molecule has 8 aliphatic rings. The molecule has 0 atom stereocenters. The molecule has 0 unspecified atom stereocenters. The van der Waals surface area contributed by atoms with Crippen molar-refractivity contribution in [2.45, 2.75) is 87.9 Å². The van der Waals surface area contributed by atoms with Gasteiger partial charge in [-0.25, -0.2) is 4.79 Å². The lowest BCUT2D eigenvalue weighted by Gasteiger charge is -2.59. The number of hydrogen-bond acceptors (Lipinski definition) is 1. The van der Waals surface area contributed by atoms with Gasteiger partial charge in [-0.15, -0.1) is 0 Å². The van der Waals surface area contributed by atoms with Crippen molar-refractivity contribution in [1.29, 1.82) is 0 Å². The van der Waals surface area contributed by atoms with Crippen LogP contribution in [0.4, 0.5) is 0 Å². The van der Waals surface area contributed by atoms with Gasteiger partial charge in [-0.1, -0.05) is 24.3 Å². The Morgan fingerprint density at radius 1 is 0.697 bits per heavy atom. The van der Waals surface area contributed by atoms with E-state index in [1.165, 1.54) is 98.9 Å². The van der Waals surface area contributed by atoms with E-state index in [1.807, 2.05) is 0 Å². The Hall–Kier alpha value is -1.83. The lowest BCUT2D eigenvalue weighted by Crippen LogP contribution is -2.51. The molecular weight excluding hydrogens is 404 g/mol. The van der Waals surface area contributed by atoms with Gasteiger partial charge in [-0.3, -0.25) is 0 Å². The first-order valence-electron chi connectivity index (χ1n) is 13.8. The number of benzene rings is 2. The van der Waals surface area contributed by atoms with Crippen molar-refractivity contribution in [2.75, 3.05) is 0 Å². The first-order valence-corrected chi connectivity index (χ1v) is 13.8. The molecule has 172 valence electrons. The lowest BCUT2D eigenvalue weighted by molar-refractivity contribution is -0.00907. The topological polar surface area (TPSA) is 37.3 Å². The van der Waals surface area contributed by atoms with Crippen molar-refractivity contribution >= 4 is 16.7 Å². The van der Waals surface area contributed by atoms with Crippen LogP contribution in [0.25, 0.3) is 10.8 Å². The number of hydrogen-bond donors (Lipinski definition) is 1. The maximum atomic E-state index is 13.3. The van der Waals surface area contributed by atoms with Crippen molar-refractivity contribution < 1.29 is 9.90 Å². The summed E-state index contributed by atoms with van der Waals surface area (Å²) in [6.45, 7) is 0. The van der Waals surface area contributed by atoms with Gasteiger partial charge in [0, 0.05) is 0 Å². The van der Waals surface area contributed by atoms with Crippen molar-refractivity contribution in [2.24, 2.45) is 35.5 Å². The third kappa shape index (κ3) is 2.64. The van der Waals surface area contributed by atoms with Crippen molar-refractivity contribution in [3.63, 3.8) is 0 Å². The SMILES string of the molecule is O=C(O)c1c(C23CC4CC(CC(C4)C2)C3)cc2ccccc2c1C12CC3CC(CC(C3)C1)C2. The van der Waals surface area contributed by atoms with Crippen LogP contribution < -0.4 is 0 Å². The third-order valence-electron chi connectivity index (χ3n) is 11.4. The quantitative estimate of drug-likeness (QED) is 0.537. The minimum Gasteiger partial charge on any atom is -0.478 e. The van der Waals surface area contributed by atoms with Crippen LogP contribution in [0.3, 0.4) is 0 Å². The molecular formula is C31H36O2. The smallest absolute Gasteiger partial charge is 0.336 e. The molecule has 0 radical (unpaired) electrons. The van der Waals surface area contributed by atoms with Gasteiger partial charge in [0.05, 0.1) is 5.56 Å². The van der Waals surface area contributed by atoms with E-state index >= 15 is 0 Å². The van der Waals surface area contributed by atoms with Crippen LogP contribution in [0.5, 0.6) is 0 Å². The lowest BCUT2D eigenvalue weighted by atomic mass is 9.45. The van der Waals surface area contributed by atoms with Gasteiger partial charge in [0.1, 0.15) is 0 Å². The molecule has 0 aromatic heterocycles. The van der Waals surface area contributed by atoms with E-state index in [0.29, 0.717) is 0 Å². The van der Waals surface area contributed by atoms with E-state index in [0.717, 1.165) is 41.1 Å². The summed E-state index contributed by atoms with van der Waals surface area (Å²) in [7, 11) is 0. The van der Waals surface area contributed by atoms with E-state index in [4.69, 9.17) is 0 Å². The molecule has 2 heteroatoms. The molecule has 8 bridgehead atoms. The van der Waals surface area contributed by atoms with Gasteiger partial charge in [0.25, 0.3) is 0 Å². The molecule has 2 nitrogen and oxygen atoms in total. The molecule has 2 aromatic carbocycles. The third-order valence-corrected chi connectivity index (χ3v) is 11.4. The van der Waals surface area contributed by atoms with E-state index in [9.17, 15) is 9.90 Å². The molecule has 8 fully saturated rings. The largest absolute Gasteiger partial charge is 0.478 e. The fraction of sp³-hybridized carbons (Fsp3) is 0.645. The van der Waals surface area contributed by atoms with Crippen LogP contribution in [-0.4, -0.2) is 11.1 Å². The standard InChI is InChI=1S/C31H36O2/c32-29(33)27-26(30-12-18-5-19(13-30)7-20(6-18)14-30)11-24-3-1-2-4-25(24)28(27)31-15-21-8-22(16-31)10-23(9-21)17-31/h1-4,11,18-23H,5-10,12-17H2,(H,32,33). The van der Waals surface area contributed by atoms with E-state index < -0.39 is 5.97 Å². The minimum atomic E-state index is -0.641. The summed E-state index contributed by atoms with van der Waals surface area (Å²) in [5.74, 6) is 4.30. The monoisotopic (exact) mass is 440 g/mol. The summed E-state index contributed by atoms with van der Waals surface area (Å²) in [6, 6.07) is 11.2. The summed E-state index contributed by atoms with van der Waals surface area (Å²) < 4.78 is 0. The number of carboxylic acid groups (broad SMARTS) is 1. The minimum absolute atomic E-state index is 0.0976. The predicted octanol–water partition coefficient (Wildman–Crippen LogP) is 7.47. The molecule has 10 rings (SSSR count). The molecule has 2 aromatic rings. The molecule has 0 heterocycles. The number of carboxylic acids is 1. The van der Waals surface area contributed by atoms with E-state index in [-0.39, 0.29) is 10.8 Å². The second-order valence-electron chi connectivity index (χ2n) is 13.6. The van der Waals surface area contributed by atoms with E-state index in [2.05, 4.69) is 30.3 Å². The Balaban J connectivity index is 1.41. The van der Waals surface area contributed by atoms with Gasteiger partial charge in [-0.2, -0.15) is 0 Å². The van der Waals surface area contributed by atoms with Crippen molar-refractivity contribution in [1.82, 2.24) is 0 Å². The zero-order valence-electron chi connectivity index (χ0n) is 19.7. The van der Waals surface area contributed by atoms with Crippen LogP contribution in [-0.2, 0) is 10.8 Å². The Bertz CT molecular complexity index is 1100. The summed E-state index contributed by atoms with van der Waals surface area (Å²) in [5, 5.41) is 13.5. The second kappa shape index (κ2) is 6.43. The summed E-state index contributed by atoms with van der Waals surface area (Å²) in [6.07, 6.45) is 15.8. The fourth-order valence-corrected chi connectivity index (χ4v) is 11.4. The number of fused-ring (bicyclic) bond motifs is 1. The molecule has 8 saturated carbocycles. The summed E-state index contributed by atoms with van der Waals surface area (Å²) in [5.41, 5.74) is 3.50. The average Bonchev–Trinajstić information content (AvgIpc) is 2.76. The van der Waals surface area contributed by atoms with Gasteiger partial charge < -0.3 is 5.11 Å². The molecule has 1 N–H and O–H groups in total. The molecule has 0 aliphatic heterocycles. The Labute approximate surface area is 197 Å². The maximum absolute atomic E-state index is 13.3. The Morgan fingerprint density at radius 3 is 1.64 bits per heavy atom. The van der Waals surface area contributed by atoms with Crippen LogP contribution in [0.15, 0.2) is 30.3 Å². The van der Waals surface area contributed by atoms with E-state index in [1.54, 1.807) is 0 Å². The van der Waals surface area contributed by atoms with Crippen molar-refractivity contribution in [3.05, 3.63) is 47.0 Å². The highest BCUT2D eigenvalue weighted by molar-refractivity contribution is 6.01. The van der Waals surface area contributed by atoms with Gasteiger partial charge >= 0.3 is 5.97 Å². The molecule has 0 amide bonds. The number of carbonyl (C=O) groups is 1. The average molecular weight is 441 g/mol. The first-order chi connectivity index (χ1) is 16.0. The van der Waals surface area contributed by atoms with Crippen molar-refractivity contribution in [3.8, 4) is 0 Å². The highest BCUT2D eigenvalue weighted by Crippen LogP contribution is 2.65. The molecule has 0 saturated heterocycles. The predicted molar refractivity (Wildman–Crippen MR) is 131 cm³/mol. The summed E-state index contributed by atoms with van der Waals surface area (Å²) in [4.78, 5) is 13.3. The number of aromatic carboxylic acids is 1. The number of rotatable bonds is 3. The second-order valence-corrected chi connectivity index (χ2v) is 13.6. The Morgan fingerprint density at radius 2 is 1.15 bits per heavy atom. The van der Waals surface area contributed by atoms with Crippen LogP contribution in [0.2, 0.25) is 0 Å². The van der Waals surface area contributed by atoms with Crippen LogP contribution in [0, 0.1) is 35.5 Å². The zero-order valence-corrected chi connectivity index (χ0v) is 19.7. The highest BCUT2D eigenvalue weighted by atomic mass is 16.4. The molecule has 33 heavy (non-hydrogen) atoms. The van der Waals surface area contributed by atoms with Gasteiger partial charge in [-0.05, 0) is 151 Å². The van der Waals surface area contributed by atoms with Crippen LogP contribution >= 0.6 is 0 Å². The molecule has 8 aliphatic carbocycles. The molecule has 0 spiro atoms.